The number of carbonyl (C=O) groups excluding carboxylic acids is 1. The minimum absolute atomic E-state index is 0.119. The van der Waals surface area contributed by atoms with Crippen LogP contribution in [0.3, 0.4) is 0 Å². The number of aldehydes is 1. The van der Waals surface area contributed by atoms with Crippen molar-refractivity contribution in [1.29, 1.82) is 0 Å². The van der Waals surface area contributed by atoms with Gasteiger partial charge in [0.1, 0.15) is 6.29 Å². The Balaban J connectivity index is 2.93. The molecule has 72 valence electrons. The number of likely N-dealkylation sites (N-methyl/N-ethyl adjacent to an activating group) is 1. The van der Waals surface area contributed by atoms with Gasteiger partial charge in [-0.1, -0.05) is 19.9 Å². The molecule has 3 heteroatoms. The van der Waals surface area contributed by atoms with E-state index in [4.69, 9.17) is 0 Å². The number of carbonyl (C=O) groups is 1. The van der Waals surface area contributed by atoms with Gasteiger partial charge in [-0.2, -0.15) is 0 Å². The van der Waals surface area contributed by atoms with Crippen molar-refractivity contribution in [2.24, 2.45) is 0 Å². The fourth-order valence-corrected chi connectivity index (χ4v) is 2.29. The Labute approximate surface area is 83.0 Å². The van der Waals surface area contributed by atoms with Crippen LogP contribution in [0, 0.1) is 0 Å². The monoisotopic (exact) mass is 197 g/mol. The van der Waals surface area contributed by atoms with Gasteiger partial charge in [-0.3, -0.25) is 0 Å². The summed E-state index contributed by atoms with van der Waals surface area (Å²) in [5.41, 5.74) is -0.120. The number of rotatable bonds is 4. The molecule has 0 spiro atoms. The summed E-state index contributed by atoms with van der Waals surface area (Å²) in [6.07, 6.45) is 0.972. The predicted octanol–water partition coefficient (Wildman–Crippen LogP) is 1.81. The van der Waals surface area contributed by atoms with Gasteiger partial charge in [0.2, 0.25) is 0 Å². The zero-order valence-corrected chi connectivity index (χ0v) is 9.02. The summed E-state index contributed by atoms with van der Waals surface area (Å²) >= 11 is 1.69. The van der Waals surface area contributed by atoms with E-state index < -0.39 is 0 Å². The number of nitrogens with one attached hydrogen (secondary N) is 1. The summed E-state index contributed by atoms with van der Waals surface area (Å²) in [6, 6.07) is 3.96. The molecule has 1 aromatic rings. The zero-order valence-electron chi connectivity index (χ0n) is 8.20. The second-order valence-electron chi connectivity index (χ2n) is 3.60. The minimum atomic E-state index is -0.120. The fourth-order valence-electron chi connectivity index (χ4n) is 1.40. The van der Waals surface area contributed by atoms with Crippen molar-refractivity contribution in [2.45, 2.75) is 25.3 Å². The van der Waals surface area contributed by atoms with Crippen molar-refractivity contribution < 1.29 is 4.79 Å². The molecule has 13 heavy (non-hydrogen) atoms. The highest BCUT2D eigenvalue weighted by atomic mass is 32.1. The molecular formula is C10H15NOS. The molecule has 0 amide bonds. The van der Waals surface area contributed by atoms with E-state index in [1.807, 2.05) is 18.5 Å². The van der Waals surface area contributed by atoms with Crippen molar-refractivity contribution in [3.8, 4) is 0 Å². The van der Waals surface area contributed by atoms with E-state index >= 15 is 0 Å². The molecule has 1 heterocycles. The van der Waals surface area contributed by atoms with Crippen LogP contribution in [0.4, 0.5) is 0 Å². The van der Waals surface area contributed by atoms with Gasteiger partial charge in [0.25, 0.3) is 0 Å². The first-order valence-electron chi connectivity index (χ1n) is 4.29. The Morgan fingerprint density at radius 3 is 2.69 bits per heavy atom. The van der Waals surface area contributed by atoms with Gasteiger partial charge in [-0.25, -0.2) is 0 Å². The van der Waals surface area contributed by atoms with E-state index in [0.717, 1.165) is 6.29 Å². The van der Waals surface area contributed by atoms with E-state index in [-0.39, 0.29) is 11.5 Å². The maximum atomic E-state index is 10.8. The number of hydrogen-bond donors (Lipinski definition) is 1. The van der Waals surface area contributed by atoms with Crippen LogP contribution in [0.2, 0.25) is 0 Å². The molecule has 0 aromatic carbocycles. The first-order valence-corrected chi connectivity index (χ1v) is 5.17. The molecule has 1 rings (SSSR count). The van der Waals surface area contributed by atoms with Gasteiger partial charge in [-0.05, 0) is 18.5 Å². The number of thiophene rings is 1. The lowest BCUT2D eigenvalue weighted by molar-refractivity contribution is -0.110. The fraction of sp³-hybridized carbons (Fsp3) is 0.500. The zero-order chi connectivity index (χ0) is 9.90. The van der Waals surface area contributed by atoms with Crippen LogP contribution >= 0.6 is 11.3 Å². The molecule has 0 saturated heterocycles. The smallest absolute Gasteiger partial charge is 0.137 e. The SMILES string of the molecule is CN[C@@H](C=O)C(C)(C)c1cccs1. The maximum Gasteiger partial charge on any atom is 0.137 e. The van der Waals surface area contributed by atoms with Gasteiger partial charge >= 0.3 is 0 Å². The largest absolute Gasteiger partial charge is 0.310 e. The molecule has 0 aliphatic rings. The Morgan fingerprint density at radius 1 is 1.62 bits per heavy atom. The highest BCUT2D eigenvalue weighted by Gasteiger charge is 2.30. The van der Waals surface area contributed by atoms with Gasteiger partial charge in [0.15, 0.2) is 0 Å². The van der Waals surface area contributed by atoms with Crippen molar-refractivity contribution in [3.63, 3.8) is 0 Å². The van der Waals surface area contributed by atoms with Crippen LogP contribution in [0.25, 0.3) is 0 Å². The summed E-state index contributed by atoms with van der Waals surface area (Å²) in [5, 5.41) is 5.06. The Bertz CT molecular complexity index is 266. The van der Waals surface area contributed by atoms with Crippen molar-refractivity contribution in [1.82, 2.24) is 5.32 Å². The van der Waals surface area contributed by atoms with Crippen LogP contribution < -0.4 is 5.32 Å². The van der Waals surface area contributed by atoms with E-state index in [1.165, 1.54) is 4.88 Å². The molecule has 1 atom stereocenters. The van der Waals surface area contributed by atoms with Gasteiger partial charge < -0.3 is 10.1 Å². The quantitative estimate of drug-likeness (QED) is 0.746. The lowest BCUT2D eigenvalue weighted by Crippen LogP contribution is -2.43. The highest BCUT2D eigenvalue weighted by Crippen LogP contribution is 2.29. The second kappa shape index (κ2) is 4.03. The Kier molecular flexibility index (Phi) is 3.22. The summed E-state index contributed by atoms with van der Waals surface area (Å²) in [5.74, 6) is 0. The molecule has 1 aromatic heterocycles. The van der Waals surface area contributed by atoms with Crippen molar-refractivity contribution >= 4 is 17.6 Å². The van der Waals surface area contributed by atoms with Crippen molar-refractivity contribution in [2.75, 3.05) is 7.05 Å². The van der Waals surface area contributed by atoms with Crippen LogP contribution in [-0.4, -0.2) is 19.4 Å². The molecule has 2 nitrogen and oxygen atoms in total. The Morgan fingerprint density at radius 2 is 2.31 bits per heavy atom. The molecule has 0 saturated carbocycles. The number of hydrogen-bond acceptors (Lipinski definition) is 3. The minimum Gasteiger partial charge on any atom is -0.310 e. The summed E-state index contributed by atoms with van der Waals surface area (Å²) < 4.78 is 0. The first kappa shape index (κ1) is 10.4. The summed E-state index contributed by atoms with van der Waals surface area (Å²) in [4.78, 5) is 12.1. The predicted molar refractivity (Wildman–Crippen MR) is 56.3 cm³/mol. The average Bonchev–Trinajstić information content (AvgIpc) is 2.58. The van der Waals surface area contributed by atoms with E-state index in [9.17, 15) is 4.79 Å². The molecule has 0 aliphatic heterocycles. The normalized spacial score (nSPS) is 14.1. The van der Waals surface area contributed by atoms with E-state index in [2.05, 4.69) is 25.2 Å². The standard InChI is InChI=1S/C10H15NOS/c1-10(2,8(7-12)11-3)9-5-4-6-13-9/h4-8,11H,1-3H3/t8-/m0/s1. The molecule has 1 N–H and O–H groups in total. The molecule has 0 fully saturated rings. The summed E-state index contributed by atoms with van der Waals surface area (Å²) in [6.45, 7) is 4.16. The lowest BCUT2D eigenvalue weighted by atomic mass is 9.83. The molecular weight excluding hydrogens is 182 g/mol. The van der Waals surface area contributed by atoms with Gasteiger partial charge in [0.05, 0.1) is 6.04 Å². The summed E-state index contributed by atoms with van der Waals surface area (Å²) in [7, 11) is 1.81. The van der Waals surface area contributed by atoms with Crippen LogP contribution in [0.1, 0.15) is 18.7 Å². The molecule has 0 radical (unpaired) electrons. The molecule has 0 bridgehead atoms. The second-order valence-corrected chi connectivity index (χ2v) is 4.55. The molecule has 0 unspecified atom stereocenters. The molecule has 0 aliphatic carbocycles. The van der Waals surface area contributed by atoms with Crippen LogP contribution in [-0.2, 0) is 10.2 Å². The third kappa shape index (κ3) is 1.98. The average molecular weight is 197 g/mol. The maximum absolute atomic E-state index is 10.8. The van der Waals surface area contributed by atoms with Crippen LogP contribution in [0.15, 0.2) is 17.5 Å². The van der Waals surface area contributed by atoms with E-state index in [1.54, 1.807) is 11.3 Å². The topological polar surface area (TPSA) is 29.1 Å². The van der Waals surface area contributed by atoms with Gasteiger partial charge in [-0.15, -0.1) is 11.3 Å². The highest BCUT2D eigenvalue weighted by molar-refractivity contribution is 7.10. The first-order chi connectivity index (χ1) is 6.12. The van der Waals surface area contributed by atoms with Crippen molar-refractivity contribution in [3.05, 3.63) is 22.4 Å². The van der Waals surface area contributed by atoms with Crippen LogP contribution in [0.5, 0.6) is 0 Å². The Hall–Kier alpha value is -0.670. The third-order valence-electron chi connectivity index (χ3n) is 2.38. The third-order valence-corrected chi connectivity index (χ3v) is 3.59. The van der Waals surface area contributed by atoms with E-state index in [0.29, 0.717) is 0 Å². The lowest BCUT2D eigenvalue weighted by Gasteiger charge is -2.29. The van der Waals surface area contributed by atoms with Gasteiger partial charge in [0, 0.05) is 10.3 Å².